The molecule has 0 bridgehead atoms. The first-order valence-corrected chi connectivity index (χ1v) is 9.26. The van der Waals surface area contributed by atoms with Crippen LogP contribution < -0.4 is 10.6 Å². The minimum absolute atomic E-state index is 0.223. The smallest absolute Gasteiger partial charge is 0.319 e. The van der Waals surface area contributed by atoms with Crippen molar-refractivity contribution >= 4 is 11.7 Å². The van der Waals surface area contributed by atoms with E-state index in [1.54, 1.807) is 18.2 Å². The number of urea groups is 1. The van der Waals surface area contributed by atoms with Gasteiger partial charge in [0.25, 0.3) is 0 Å². The van der Waals surface area contributed by atoms with E-state index in [0.29, 0.717) is 12.6 Å². The molecule has 4 nitrogen and oxygen atoms in total. The molecule has 2 aliphatic rings. The maximum Gasteiger partial charge on any atom is 0.319 e. The summed E-state index contributed by atoms with van der Waals surface area (Å²) in [6, 6.07) is 6.32. The highest BCUT2D eigenvalue weighted by atomic mass is 19.1. The maximum atomic E-state index is 13.6. The van der Waals surface area contributed by atoms with Crippen LogP contribution in [0, 0.1) is 11.7 Å². The van der Waals surface area contributed by atoms with E-state index in [1.807, 2.05) is 0 Å². The van der Waals surface area contributed by atoms with Gasteiger partial charge in [0.05, 0.1) is 5.69 Å². The number of halogens is 1. The predicted molar refractivity (Wildman–Crippen MR) is 94.6 cm³/mol. The highest BCUT2D eigenvalue weighted by molar-refractivity contribution is 5.89. The number of nitrogens with zero attached hydrogens (tertiary/aromatic N) is 1. The van der Waals surface area contributed by atoms with Crippen LogP contribution in [0.2, 0.25) is 0 Å². The van der Waals surface area contributed by atoms with Crippen molar-refractivity contribution < 1.29 is 9.18 Å². The number of rotatable bonds is 5. The van der Waals surface area contributed by atoms with Gasteiger partial charge >= 0.3 is 6.03 Å². The van der Waals surface area contributed by atoms with E-state index >= 15 is 0 Å². The molecular weight excluding hydrogens is 305 g/mol. The lowest BCUT2D eigenvalue weighted by molar-refractivity contribution is 0.185. The van der Waals surface area contributed by atoms with E-state index in [9.17, 15) is 9.18 Å². The molecule has 3 rings (SSSR count). The fraction of sp³-hybridized carbons (Fsp3) is 0.632. The lowest BCUT2D eigenvalue weighted by Gasteiger charge is -2.31. The number of amides is 2. The molecule has 132 valence electrons. The predicted octanol–water partition coefficient (Wildman–Crippen LogP) is 3.99. The molecule has 1 atom stereocenters. The van der Waals surface area contributed by atoms with Crippen molar-refractivity contribution in [3.05, 3.63) is 30.1 Å². The molecule has 0 unspecified atom stereocenters. The van der Waals surface area contributed by atoms with Gasteiger partial charge in [0.15, 0.2) is 0 Å². The lowest BCUT2D eigenvalue weighted by Crippen LogP contribution is -2.43. The summed E-state index contributed by atoms with van der Waals surface area (Å²) in [5, 5.41) is 5.50. The molecule has 0 aromatic heterocycles. The molecular formula is C19H28FN3O. The average molecular weight is 333 g/mol. The standard InChI is InChI=1S/C19H28FN3O/c20-17-10-4-5-11-18(17)22-19(24)21-13-16-9-6-12-23(16)14-15-7-2-1-3-8-15/h4-5,10-11,15-16H,1-3,6-9,12-14H2,(H2,21,22,24)/t16-/m1/s1. The Labute approximate surface area is 143 Å². The van der Waals surface area contributed by atoms with Crippen LogP contribution in [0.25, 0.3) is 0 Å². The topological polar surface area (TPSA) is 44.4 Å². The number of nitrogens with one attached hydrogen (secondary N) is 2. The summed E-state index contributed by atoms with van der Waals surface area (Å²) >= 11 is 0. The van der Waals surface area contributed by atoms with Crippen LogP contribution in [0.3, 0.4) is 0 Å². The molecule has 2 amide bonds. The number of likely N-dealkylation sites (tertiary alicyclic amines) is 1. The van der Waals surface area contributed by atoms with Gasteiger partial charge in [-0.25, -0.2) is 9.18 Å². The summed E-state index contributed by atoms with van der Waals surface area (Å²) in [6.07, 6.45) is 9.16. The zero-order valence-electron chi connectivity index (χ0n) is 14.3. The third-order valence-corrected chi connectivity index (χ3v) is 5.34. The van der Waals surface area contributed by atoms with Gasteiger partial charge in [0.2, 0.25) is 0 Å². The third-order valence-electron chi connectivity index (χ3n) is 5.34. The van der Waals surface area contributed by atoms with Crippen LogP contribution in [-0.4, -0.2) is 36.6 Å². The molecule has 24 heavy (non-hydrogen) atoms. The van der Waals surface area contributed by atoms with Gasteiger partial charge in [-0.3, -0.25) is 4.90 Å². The largest absolute Gasteiger partial charge is 0.336 e. The molecule has 1 aromatic rings. The molecule has 2 N–H and O–H groups in total. The van der Waals surface area contributed by atoms with Crippen LogP contribution in [-0.2, 0) is 0 Å². The van der Waals surface area contributed by atoms with Crippen molar-refractivity contribution in [1.82, 2.24) is 10.2 Å². The summed E-state index contributed by atoms with van der Waals surface area (Å²) in [6.45, 7) is 2.94. The van der Waals surface area contributed by atoms with Gasteiger partial charge in [-0.2, -0.15) is 0 Å². The summed E-state index contributed by atoms with van der Waals surface area (Å²) in [7, 11) is 0. The van der Waals surface area contributed by atoms with Gasteiger partial charge in [0, 0.05) is 19.1 Å². The molecule has 1 heterocycles. The second-order valence-corrected chi connectivity index (χ2v) is 7.11. The summed E-state index contributed by atoms with van der Waals surface area (Å²) in [5.41, 5.74) is 0.223. The molecule has 2 fully saturated rings. The van der Waals surface area contributed by atoms with Crippen molar-refractivity contribution in [2.75, 3.05) is 25.0 Å². The van der Waals surface area contributed by atoms with E-state index < -0.39 is 5.82 Å². The maximum absolute atomic E-state index is 13.6. The van der Waals surface area contributed by atoms with E-state index in [0.717, 1.165) is 18.9 Å². The molecule has 0 spiro atoms. The zero-order chi connectivity index (χ0) is 16.8. The Hall–Kier alpha value is -1.62. The minimum atomic E-state index is -0.410. The normalized spacial score (nSPS) is 22.5. The van der Waals surface area contributed by atoms with Crippen LogP contribution in [0.1, 0.15) is 44.9 Å². The van der Waals surface area contributed by atoms with Crippen molar-refractivity contribution in [1.29, 1.82) is 0 Å². The number of carbonyl (C=O) groups is 1. The second-order valence-electron chi connectivity index (χ2n) is 7.11. The zero-order valence-corrected chi connectivity index (χ0v) is 14.3. The van der Waals surface area contributed by atoms with Crippen molar-refractivity contribution in [3.63, 3.8) is 0 Å². The Bertz CT molecular complexity index is 545. The highest BCUT2D eigenvalue weighted by Gasteiger charge is 2.27. The van der Waals surface area contributed by atoms with E-state index in [4.69, 9.17) is 0 Å². The SMILES string of the molecule is O=C(NC[C@H]1CCCN1CC1CCCCC1)Nc1ccccc1F. The Morgan fingerprint density at radius 1 is 1.12 bits per heavy atom. The van der Waals surface area contributed by atoms with Crippen molar-refractivity contribution in [2.24, 2.45) is 5.92 Å². The number of hydrogen-bond acceptors (Lipinski definition) is 2. The number of para-hydroxylation sites is 1. The number of hydrogen-bond donors (Lipinski definition) is 2. The monoisotopic (exact) mass is 333 g/mol. The summed E-state index contributed by atoms with van der Waals surface area (Å²) in [5.74, 6) is 0.416. The van der Waals surface area contributed by atoms with Crippen LogP contribution in [0.15, 0.2) is 24.3 Å². The van der Waals surface area contributed by atoms with E-state index in [2.05, 4.69) is 15.5 Å². The molecule has 1 aliphatic heterocycles. The van der Waals surface area contributed by atoms with Gasteiger partial charge in [-0.15, -0.1) is 0 Å². The van der Waals surface area contributed by atoms with Gasteiger partial charge in [-0.1, -0.05) is 31.4 Å². The molecule has 1 saturated heterocycles. The third kappa shape index (κ3) is 4.69. The first-order valence-electron chi connectivity index (χ1n) is 9.26. The van der Waals surface area contributed by atoms with E-state index in [-0.39, 0.29) is 11.7 Å². The number of anilines is 1. The van der Waals surface area contributed by atoms with Crippen LogP contribution in [0.4, 0.5) is 14.9 Å². The van der Waals surface area contributed by atoms with Crippen molar-refractivity contribution in [3.8, 4) is 0 Å². The van der Waals surface area contributed by atoms with Gasteiger partial charge < -0.3 is 10.6 Å². The van der Waals surface area contributed by atoms with Gasteiger partial charge in [-0.05, 0) is 50.3 Å². The number of benzene rings is 1. The average Bonchev–Trinajstić information content (AvgIpc) is 3.03. The Morgan fingerprint density at radius 2 is 1.92 bits per heavy atom. The molecule has 1 aromatic carbocycles. The number of carbonyl (C=O) groups excluding carboxylic acids is 1. The fourth-order valence-electron chi connectivity index (χ4n) is 4.01. The molecule has 5 heteroatoms. The van der Waals surface area contributed by atoms with Crippen LogP contribution in [0.5, 0.6) is 0 Å². The quantitative estimate of drug-likeness (QED) is 0.856. The van der Waals surface area contributed by atoms with Gasteiger partial charge in [0.1, 0.15) is 5.82 Å². The van der Waals surface area contributed by atoms with E-state index in [1.165, 1.54) is 51.1 Å². The summed E-state index contributed by atoms with van der Waals surface area (Å²) < 4.78 is 13.6. The fourth-order valence-corrected chi connectivity index (χ4v) is 4.01. The minimum Gasteiger partial charge on any atom is -0.336 e. The molecule has 1 aliphatic carbocycles. The first kappa shape index (κ1) is 17.2. The Kier molecular flexibility index (Phi) is 6.07. The second kappa shape index (κ2) is 8.47. The molecule has 0 radical (unpaired) electrons. The molecule has 1 saturated carbocycles. The van der Waals surface area contributed by atoms with Crippen LogP contribution >= 0.6 is 0 Å². The first-order chi connectivity index (χ1) is 11.7. The Balaban J connectivity index is 1.44. The van der Waals surface area contributed by atoms with Crippen molar-refractivity contribution in [2.45, 2.75) is 51.0 Å². The highest BCUT2D eigenvalue weighted by Crippen LogP contribution is 2.27. The summed E-state index contributed by atoms with van der Waals surface area (Å²) in [4.78, 5) is 14.6. The Morgan fingerprint density at radius 3 is 2.71 bits per heavy atom. The lowest BCUT2D eigenvalue weighted by atomic mass is 9.89.